The van der Waals surface area contributed by atoms with Crippen molar-refractivity contribution in [3.63, 3.8) is 0 Å². The van der Waals surface area contributed by atoms with E-state index in [2.05, 4.69) is 4.98 Å². The summed E-state index contributed by atoms with van der Waals surface area (Å²) in [7, 11) is 0. The Balaban J connectivity index is 1.51. The number of nitrogens with zero attached hydrogens (tertiary/aromatic N) is 2. The van der Waals surface area contributed by atoms with Gasteiger partial charge in [0.1, 0.15) is 18.2 Å². The quantitative estimate of drug-likeness (QED) is 0.542. The van der Waals surface area contributed by atoms with Gasteiger partial charge in [0.05, 0.1) is 0 Å². The first-order chi connectivity index (χ1) is 14.5. The van der Waals surface area contributed by atoms with Crippen molar-refractivity contribution in [3.05, 3.63) is 94.6 Å². The normalized spacial score (nSPS) is 13.2. The number of amides is 1. The fourth-order valence-electron chi connectivity index (χ4n) is 3.65. The van der Waals surface area contributed by atoms with Gasteiger partial charge < -0.3 is 9.64 Å². The topological polar surface area (TPSA) is 42.4 Å². The van der Waals surface area contributed by atoms with Crippen LogP contribution in [0.15, 0.2) is 60.9 Å². The molecule has 1 fully saturated rings. The van der Waals surface area contributed by atoms with Gasteiger partial charge in [0.25, 0.3) is 5.91 Å². The van der Waals surface area contributed by atoms with Gasteiger partial charge in [0.15, 0.2) is 0 Å². The summed E-state index contributed by atoms with van der Waals surface area (Å²) in [5.74, 6) is 0.537. The van der Waals surface area contributed by atoms with Crippen LogP contribution in [-0.4, -0.2) is 21.8 Å². The third-order valence-corrected chi connectivity index (χ3v) is 5.33. The van der Waals surface area contributed by atoms with E-state index in [1.165, 1.54) is 12.1 Å². The lowest BCUT2D eigenvalue weighted by Gasteiger charge is -2.24. The molecular weight excluding hydrogens is 379 g/mol. The van der Waals surface area contributed by atoms with E-state index in [9.17, 15) is 9.18 Å². The SMILES string of the molecule is Cc1cc(C(=O)N(Cc2ccc(F)cc2)C2CC2)cc(C)c1OCc1cccnc1. The van der Waals surface area contributed by atoms with E-state index in [4.69, 9.17) is 4.74 Å². The van der Waals surface area contributed by atoms with Gasteiger partial charge >= 0.3 is 0 Å². The van der Waals surface area contributed by atoms with Crippen molar-refractivity contribution in [2.75, 3.05) is 0 Å². The van der Waals surface area contributed by atoms with E-state index in [-0.39, 0.29) is 17.8 Å². The van der Waals surface area contributed by atoms with Crippen LogP contribution in [0.1, 0.15) is 45.5 Å². The minimum atomic E-state index is -0.267. The molecule has 0 N–H and O–H groups in total. The summed E-state index contributed by atoms with van der Waals surface area (Å²) in [4.78, 5) is 19.3. The van der Waals surface area contributed by atoms with Crippen LogP contribution in [0.5, 0.6) is 5.75 Å². The maximum absolute atomic E-state index is 13.3. The van der Waals surface area contributed by atoms with Gasteiger partial charge in [-0.2, -0.15) is 0 Å². The number of hydrogen-bond donors (Lipinski definition) is 0. The lowest BCUT2D eigenvalue weighted by atomic mass is 10.0. The molecule has 1 amide bonds. The first-order valence-electron chi connectivity index (χ1n) is 10.2. The number of ether oxygens (including phenoxy) is 1. The summed E-state index contributed by atoms with van der Waals surface area (Å²) in [5.41, 5.74) is 4.45. The Kier molecular flexibility index (Phi) is 5.79. The molecule has 1 aliphatic carbocycles. The summed E-state index contributed by atoms with van der Waals surface area (Å²) < 4.78 is 19.2. The number of pyridine rings is 1. The lowest BCUT2D eigenvalue weighted by molar-refractivity contribution is 0.0729. The zero-order valence-corrected chi connectivity index (χ0v) is 17.3. The van der Waals surface area contributed by atoms with Crippen LogP contribution in [0.4, 0.5) is 4.39 Å². The van der Waals surface area contributed by atoms with Gasteiger partial charge in [-0.3, -0.25) is 9.78 Å². The van der Waals surface area contributed by atoms with Crippen molar-refractivity contribution in [2.45, 2.75) is 45.9 Å². The predicted octanol–water partition coefficient (Wildman–Crippen LogP) is 5.22. The summed E-state index contributed by atoms with van der Waals surface area (Å²) >= 11 is 0. The highest BCUT2D eigenvalue weighted by Crippen LogP contribution is 2.32. The average Bonchev–Trinajstić information content (AvgIpc) is 3.58. The molecule has 0 bridgehead atoms. The number of halogens is 1. The first-order valence-corrected chi connectivity index (χ1v) is 10.2. The van der Waals surface area contributed by atoms with E-state index >= 15 is 0 Å². The summed E-state index contributed by atoms with van der Waals surface area (Å²) in [6.45, 7) is 4.84. The molecule has 2 aromatic carbocycles. The molecule has 1 saturated carbocycles. The van der Waals surface area contributed by atoms with Gasteiger partial charge in [-0.05, 0) is 73.7 Å². The molecule has 30 heavy (non-hydrogen) atoms. The Morgan fingerprint density at radius 3 is 2.40 bits per heavy atom. The maximum Gasteiger partial charge on any atom is 0.254 e. The highest BCUT2D eigenvalue weighted by atomic mass is 19.1. The van der Waals surface area contributed by atoms with Crippen LogP contribution in [0.25, 0.3) is 0 Å². The Hall–Kier alpha value is -3.21. The smallest absolute Gasteiger partial charge is 0.254 e. The Morgan fingerprint density at radius 1 is 1.10 bits per heavy atom. The minimum Gasteiger partial charge on any atom is -0.488 e. The molecule has 1 aromatic heterocycles. The summed E-state index contributed by atoms with van der Waals surface area (Å²) in [6.07, 6.45) is 5.54. The molecule has 0 atom stereocenters. The molecule has 1 heterocycles. The number of rotatable bonds is 7. The van der Waals surface area contributed by atoms with E-state index in [1.54, 1.807) is 24.5 Å². The van der Waals surface area contributed by atoms with Crippen molar-refractivity contribution in [1.82, 2.24) is 9.88 Å². The molecule has 4 rings (SSSR count). The number of aryl methyl sites for hydroxylation is 2. The zero-order valence-electron chi connectivity index (χ0n) is 17.3. The predicted molar refractivity (Wildman–Crippen MR) is 114 cm³/mol. The minimum absolute atomic E-state index is 0.00633. The largest absolute Gasteiger partial charge is 0.488 e. The molecule has 0 unspecified atom stereocenters. The number of aromatic nitrogens is 1. The van der Waals surface area contributed by atoms with Gasteiger partial charge in [-0.25, -0.2) is 4.39 Å². The average molecular weight is 404 g/mol. The molecule has 4 nitrogen and oxygen atoms in total. The second-order valence-electron chi connectivity index (χ2n) is 7.88. The van der Waals surface area contributed by atoms with Crippen molar-refractivity contribution in [3.8, 4) is 5.75 Å². The van der Waals surface area contributed by atoms with Gasteiger partial charge in [-0.15, -0.1) is 0 Å². The number of carbonyl (C=O) groups excluding carboxylic acids is 1. The monoisotopic (exact) mass is 404 g/mol. The van der Waals surface area contributed by atoms with E-state index < -0.39 is 0 Å². The Labute approximate surface area is 176 Å². The van der Waals surface area contributed by atoms with Crippen molar-refractivity contribution in [2.24, 2.45) is 0 Å². The van der Waals surface area contributed by atoms with Crippen LogP contribution < -0.4 is 4.74 Å². The fourth-order valence-corrected chi connectivity index (χ4v) is 3.65. The standard InChI is InChI=1S/C25H25FN2O2/c1-17-12-21(13-18(2)24(17)30-16-20-4-3-11-27-14-20)25(29)28(23-9-10-23)15-19-5-7-22(26)8-6-19/h3-8,11-14,23H,9-10,15-16H2,1-2H3. The second-order valence-corrected chi connectivity index (χ2v) is 7.88. The third kappa shape index (κ3) is 4.67. The third-order valence-electron chi connectivity index (χ3n) is 5.33. The Morgan fingerprint density at radius 2 is 1.80 bits per heavy atom. The van der Waals surface area contributed by atoms with Crippen LogP contribution >= 0.6 is 0 Å². The molecule has 0 spiro atoms. The van der Waals surface area contributed by atoms with Gasteiger partial charge in [0, 0.05) is 36.1 Å². The summed E-state index contributed by atoms with van der Waals surface area (Å²) in [5, 5.41) is 0. The highest BCUT2D eigenvalue weighted by Gasteiger charge is 2.33. The first kappa shape index (κ1) is 20.1. The fraction of sp³-hybridized carbons (Fsp3) is 0.280. The van der Waals surface area contributed by atoms with Crippen molar-refractivity contribution < 1.29 is 13.9 Å². The number of carbonyl (C=O) groups is 1. The molecule has 0 radical (unpaired) electrons. The van der Waals surface area contributed by atoms with E-state index in [0.29, 0.717) is 18.7 Å². The molecule has 5 heteroatoms. The second kappa shape index (κ2) is 8.66. The van der Waals surface area contributed by atoms with E-state index in [1.807, 2.05) is 43.0 Å². The zero-order chi connectivity index (χ0) is 21.1. The molecular formula is C25H25FN2O2. The van der Waals surface area contributed by atoms with Gasteiger partial charge in [-0.1, -0.05) is 18.2 Å². The van der Waals surface area contributed by atoms with Crippen LogP contribution in [0.3, 0.4) is 0 Å². The lowest BCUT2D eigenvalue weighted by Crippen LogP contribution is -2.32. The van der Waals surface area contributed by atoms with E-state index in [0.717, 1.165) is 40.8 Å². The molecule has 0 aliphatic heterocycles. The van der Waals surface area contributed by atoms with Gasteiger partial charge in [0.2, 0.25) is 0 Å². The summed E-state index contributed by atoms with van der Waals surface area (Å²) in [6, 6.07) is 14.3. The maximum atomic E-state index is 13.3. The van der Waals surface area contributed by atoms with Crippen LogP contribution in [-0.2, 0) is 13.2 Å². The van der Waals surface area contributed by atoms with Crippen LogP contribution in [0, 0.1) is 19.7 Å². The highest BCUT2D eigenvalue weighted by molar-refractivity contribution is 5.95. The molecule has 0 saturated heterocycles. The molecule has 3 aromatic rings. The Bertz CT molecular complexity index is 1010. The number of hydrogen-bond acceptors (Lipinski definition) is 3. The van der Waals surface area contributed by atoms with Crippen molar-refractivity contribution in [1.29, 1.82) is 0 Å². The van der Waals surface area contributed by atoms with Crippen molar-refractivity contribution >= 4 is 5.91 Å². The van der Waals surface area contributed by atoms with Crippen LogP contribution in [0.2, 0.25) is 0 Å². The molecule has 1 aliphatic rings. The molecule has 154 valence electrons. The number of benzene rings is 2.